The van der Waals surface area contributed by atoms with Crippen LogP contribution < -0.4 is 10.2 Å². The molecule has 1 spiro atoms. The van der Waals surface area contributed by atoms with E-state index in [1.165, 1.54) is 18.5 Å². The number of carbonyl (C=O) groups is 1. The van der Waals surface area contributed by atoms with E-state index in [-0.39, 0.29) is 11.9 Å². The third kappa shape index (κ3) is 3.15. The van der Waals surface area contributed by atoms with E-state index in [1.807, 2.05) is 11.8 Å². The van der Waals surface area contributed by atoms with Crippen LogP contribution in [0, 0.1) is 17.3 Å². The molecule has 2 aromatic rings. The number of fused-ring (bicyclic) bond motifs is 1. The van der Waals surface area contributed by atoms with Gasteiger partial charge in [0, 0.05) is 37.8 Å². The number of para-hydroxylation sites is 1. The summed E-state index contributed by atoms with van der Waals surface area (Å²) in [6, 6.07) is 10.6. The smallest absolute Gasteiger partial charge is 0.316 e. The van der Waals surface area contributed by atoms with Gasteiger partial charge in [0.2, 0.25) is 11.8 Å². The van der Waals surface area contributed by atoms with Crippen LogP contribution in [0.15, 0.2) is 34.7 Å². The molecule has 0 bridgehead atoms. The largest absolute Gasteiger partial charge is 0.408 e. The number of piperidine rings is 2. The van der Waals surface area contributed by atoms with Gasteiger partial charge in [-0.15, -0.1) is 5.10 Å². The van der Waals surface area contributed by atoms with Crippen LogP contribution in [0.4, 0.5) is 11.7 Å². The van der Waals surface area contributed by atoms with Crippen LogP contribution in [-0.4, -0.2) is 53.2 Å². The van der Waals surface area contributed by atoms with Gasteiger partial charge in [0.05, 0.1) is 0 Å². The second-order valence-electron chi connectivity index (χ2n) is 9.73. The number of rotatable bonds is 5. The molecule has 7 nitrogen and oxygen atoms in total. The summed E-state index contributed by atoms with van der Waals surface area (Å²) in [5.41, 5.74) is 1.86. The molecule has 7 heteroatoms. The Morgan fingerprint density at radius 1 is 1.10 bits per heavy atom. The monoisotopic (exact) mass is 407 g/mol. The summed E-state index contributed by atoms with van der Waals surface area (Å²) >= 11 is 0. The Morgan fingerprint density at radius 3 is 2.47 bits per heavy atom. The van der Waals surface area contributed by atoms with Gasteiger partial charge in [-0.2, -0.15) is 0 Å². The molecular formula is C23H29N5O2. The number of benzene rings is 1. The Hall–Kier alpha value is -2.57. The number of hydrogen-bond donors (Lipinski definition) is 1. The van der Waals surface area contributed by atoms with Crippen molar-refractivity contribution >= 4 is 17.6 Å². The second-order valence-corrected chi connectivity index (χ2v) is 9.73. The normalized spacial score (nSPS) is 29.6. The van der Waals surface area contributed by atoms with Crippen molar-refractivity contribution in [3.8, 4) is 0 Å². The average molecular weight is 408 g/mol. The minimum absolute atomic E-state index is 0.132. The lowest BCUT2D eigenvalue weighted by atomic mass is 9.93. The van der Waals surface area contributed by atoms with Gasteiger partial charge < -0.3 is 19.5 Å². The molecule has 1 amide bonds. The van der Waals surface area contributed by atoms with Crippen LogP contribution in [0.1, 0.15) is 44.4 Å². The molecular weight excluding hydrogens is 378 g/mol. The third-order valence-corrected chi connectivity index (χ3v) is 7.84. The first-order valence-corrected chi connectivity index (χ1v) is 11.3. The minimum Gasteiger partial charge on any atom is -0.408 e. The molecule has 1 aromatic heterocycles. The van der Waals surface area contributed by atoms with Crippen LogP contribution in [-0.2, 0) is 4.79 Å². The van der Waals surface area contributed by atoms with Crippen LogP contribution in [0.5, 0.6) is 0 Å². The van der Waals surface area contributed by atoms with E-state index in [0.29, 0.717) is 35.1 Å². The fourth-order valence-corrected chi connectivity index (χ4v) is 5.57. The Morgan fingerprint density at radius 2 is 1.80 bits per heavy atom. The summed E-state index contributed by atoms with van der Waals surface area (Å²) < 4.78 is 5.91. The standard InChI is InChI=1S/C23H29N5O2/c1-15(21(29)27-11-9-23(7-8-23)10-12-27)24-22-26-25-20(30-22)19-17-13-28(14-18(17)19)16-5-3-2-4-6-16/h2-6,15,17-19H,7-14H2,1H3,(H,24,26)/t15-,17-,18+,19?/m1/s1. The predicted molar refractivity (Wildman–Crippen MR) is 113 cm³/mol. The first-order valence-electron chi connectivity index (χ1n) is 11.3. The molecule has 30 heavy (non-hydrogen) atoms. The van der Waals surface area contributed by atoms with Gasteiger partial charge in [0.25, 0.3) is 0 Å². The molecule has 2 saturated carbocycles. The number of aromatic nitrogens is 2. The van der Waals surface area contributed by atoms with E-state index < -0.39 is 0 Å². The van der Waals surface area contributed by atoms with Crippen LogP contribution >= 0.6 is 0 Å². The first-order chi connectivity index (χ1) is 14.6. The molecule has 1 unspecified atom stereocenters. The second kappa shape index (κ2) is 6.72. The zero-order chi connectivity index (χ0) is 20.3. The fourth-order valence-electron chi connectivity index (χ4n) is 5.57. The number of nitrogens with zero attached hydrogens (tertiary/aromatic N) is 4. The van der Waals surface area contributed by atoms with Crippen molar-refractivity contribution in [1.82, 2.24) is 15.1 Å². The summed E-state index contributed by atoms with van der Waals surface area (Å²) in [6.07, 6.45) is 5.00. The van der Waals surface area contributed by atoms with Crippen molar-refractivity contribution in [3.63, 3.8) is 0 Å². The molecule has 0 radical (unpaired) electrons. The number of carbonyl (C=O) groups excluding carboxylic acids is 1. The molecule has 1 N–H and O–H groups in total. The van der Waals surface area contributed by atoms with Crippen molar-refractivity contribution in [3.05, 3.63) is 36.2 Å². The number of anilines is 2. The highest BCUT2D eigenvalue weighted by Gasteiger charge is 2.59. The van der Waals surface area contributed by atoms with Gasteiger partial charge in [0.15, 0.2) is 0 Å². The van der Waals surface area contributed by atoms with Crippen LogP contribution in [0.3, 0.4) is 0 Å². The molecule has 4 aliphatic rings. The molecule has 158 valence electrons. The summed E-state index contributed by atoms with van der Waals surface area (Å²) in [5.74, 6) is 2.37. The quantitative estimate of drug-likeness (QED) is 0.821. The predicted octanol–water partition coefficient (Wildman–Crippen LogP) is 3.12. The lowest BCUT2D eigenvalue weighted by molar-refractivity contribution is -0.133. The Labute approximate surface area is 176 Å². The molecule has 2 aliphatic heterocycles. The lowest BCUT2D eigenvalue weighted by Crippen LogP contribution is -2.45. The highest BCUT2D eigenvalue weighted by molar-refractivity contribution is 5.83. The number of hydrogen-bond acceptors (Lipinski definition) is 6. The number of nitrogens with one attached hydrogen (secondary N) is 1. The summed E-state index contributed by atoms with van der Waals surface area (Å²) in [7, 11) is 0. The summed E-state index contributed by atoms with van der Waals surface area (Å²) in [6.45, 7) is 5.72. The molecule has 4 fully saturated rings. The summed E-state index contributed by atoms with van der Waals surface area (Å²) in [4.78, 5) is 17.2. The van der Waals surface area contributed by atoms with E-state index in [1.54, 1.807) is 0 Å². The van der Waals surface area contributed by atoms with Gasteiger partial charge in [-0.05, 0) is 62.0 Å². The van der Waals surface area contributed by atoms with Gasteiger partial charge in [-0.25, -0.2) is 0 Å². The van der Waals surface area contributed by atoms with Crippen molar-refractivity contribution in [2.75, 3.05) is 36.4 Å². The maximum Gasteiger partial charge on any atom is 0.316 e. The van der Waals surface area contributed by atoms with Crippen molar-refractivity contribution in [2.24, 2.45) is 17.3 Å². The van der Waals surface area contributed by atoms with Crippen molar-refractivity contribution < 1.29 is 9.21 Å². The Bertz CT molecular complexity index is 918. The highest BCUT2D eigenvalue weighted by atomic mass is 16.4. The van der Waals surface area contributed by atoms with Crippen LogP contribution in [0.25, 0.3) is 0 Å². The molecule has 2 saturated heterocycles. The molecule has 2 aliphatic carbocycles. The highest BCUT2D eigenvalue weighted by Crippen LogP contribution is 2.58. The van der Waals surface area contributed by atoms with E-state index in [4.69, 9.17) is 4.42 Å². The summed E-state index contributed by atoms with van der Waals surface area (Å²) in [5, 5.41) is 11.6. The fraction of sp³-hybridized carbons (Fsp3) is 0.609. The van der Waals surface area contributed by atoms with E-state index >= 15 is 0 Å². The van der Waals surface area contributed by atoms with E-state index in [2.05, 4.69) is 50.7 Å². The van der Waals surface area contributed by atoms with E-state index in [9.17, 15) is 4.79 Å². The van der Waals surface area contributed by atoms with Crippen LogP contribution in [0.2, 0.25) is 0 Å². The Balaban J connectivity index is 1.03. The Kier molecular flexibility index (Phi) is 4.08. The first kappa shape index (κ1) is 18.2. The van der Waals surface area contributed by atoms with Crippen molar-refractivity contribution in [1.29, 1.82) is 0 Å². The molecule has 1 aromatic carbocycles. The topological polar surface area (TPSA) is 74.5 Å². The average Bonchev–Trinajstić information content (AvgIpc) is 3.55. The number of amides is 1. The maximum atomic E-state index is 12.8. The zero-order valence-electron chi connectivity index (χ0n) is 17.5. The SMILES string of the molecule is C[C@@H](Nc1nnc(C2[C@H]3CN(c4ccccc4)C[C@@H]23)o1)C(=O)N1CCC2(CC1)CC2. The van der Waals surface area contributed by atoms with Gasteiger partial charge in [0.1, 0.15) is 6.04 Å². The van der Waals surface area contributed by atoms with Gasteiger partial charge >= 0.3 is 6.01 Å². The third-order valence-electron chi connectivity index (χ3n) is 7.84. The lowest BCUT2D eigenvalue weighted by Gasteiger charge is -2.33. The van der Waals surface area contributed by atoms with Crippen molar-refractivity contribution in [2.45, 2.75) is 44.6 Å². The molecule has 4 atom stereocenters. The minimum atomic E-state index is -0.348. The van der Waals surface area contributed by atoms with Gasteiger partial charge in [-0.3, -0.25) is 4.79 Å². The maximum absolute atomic E-state index is 12.8. The number of likely N-dealkylation sites (tertiary alicyclic amines) is 1. The van der Waals surface area contributed by atoms with E-state index in [0.717, 1.165) is 39.0 Å². The van der Waals surface area contributed by atoms with Gasteiger partial charge in [-0.1, -0.05) is 23.3 Å². The molecule has 6 rings (SSSR count). The molecule has 3 heterocycles. The zero-order valence-corrected chi connectivity index (χ0v) is 17.5.